The number of nitrogens with one attached hydrogen (secondary N) is 2. The number of amides is 2. The van der Waals surface area contributed by atoms with Gasteiger partial charge in [-0.3, -0.25) is 28.1 Å². The Labute approximate surface area is 453 Å². The maximum absolute atomic E-state index is 12.7. The number of carbonyl (C=O) groups excluding carboxylic acids is 3. The minimum atomic E-state index is -5.93. The Morgan fingerprint density at radius 3 is 1.99 bits per heavy atom. The van der Waals surface area contributed by atoms with Gasteiger partial charge in [-0.05, 0) is 70.3 Å². The summed E-state index contributed by atoms with van der Waals surface area (Å²) in [5.41, 5.74) is 4.08. The van der Waals surface area contributed by atoms with E-state index >= 15 is 0 Å². The molecule has 0 aromatic carbocycles. The fourth-order valence-corrected chi connectivity index (χ4v) is 10.3. The van der Waals surface area contributed by atoms with Gasteiger partial charge in [-0.2, -0.15) is 0 Å². The van der Waals surface area contributed by atoms with Crippen LogP contribution in [-0.4, -0.2) is 103 Å². The van der Waals surface area contributed by atoms with Gasteiger partial charge >= 0.3 is 0 Å². The zero-order valence-electron chi connectivity index (χ0n) is 43.5. The van der Waals surface area contributed by atoms with Gasteiger partial charge in [-0.25, -0.2) is 19.3 Å². The molecule has 0 aliphatic carbocycles. The van der Waals surface area contributed by atoms with E-state index in [1.54, 1.807) is 0 Å². The summed E-state index contributed by atoms with van der Waals surface area (Å²) in [4.78, 5) is 97.0. The van der Waals surface area contributed by atoms with Crippen LogP contribution in [0.1, 0.15) is 110 Å². The monoisotopic (exact) mass is 1160 g/mol. The lowest BCUT2D eigenvalue weighted by molar-refractivity contribution is -0.347. The van der Waals surface area contributed by atoms with E-state index in [2.05, 4.69) is 123 Å². The summed E-state index contributed by atoms with van der Waals surface area (Å²) in [5, 5.41) is 26.3. The van der Waals surface area contributed by atoms with Crippen molar-refractivity contribution in [3.05, 3.63) is 97.7 Å². The number of ether oxygens (including phenoxy) is 1. The molecule has 2 amide bonds. The number of aromatic nitrogens is 4. The summed E-state index contributed by atoms with van der Waals surface area (Å²) in [6, 6.07) is 0. The molecule has 0 spiro atoms. The summed E-state index contributed by atoms with van der Waals surface area (Å²) in [6.45, 7) is 2.21. The molecule has 0 radical (unpaired) electrons. The van der Waals surface area contributed by atoms with Gasteiger partial charge in [-0.15, -0.1) is 0 Å². The highest BCUT2D eigenvalue weighted by molar-refractivity contribution is 8.14. The fourth-order valence-electron chi connectivity index (χ4n) is 7.00. The molecular formula is C49H72N7O17P3S-4. The van der Waals surface area contributed by atoms with E-state index in [9.17, 15) is 57.9 Å². The first-order valence-electron chi connectivity index (χ1n) is 25.1. The number of hydrogen-bond donors (Lipinski definition) is 5. The summed E-state index contributed by atoms with van der Waals surface area (Å²) < 4.78 is 60.9. The Hall–Kier alpha value is -4.26. The highest BCUT2D eigenvalue weighted by atomic mass is 32.2. The molecule has 0 saturated carbocycles. The van der Waals surface area contributed by atoms with Crippen LogP contribution in [0, 0.1) is 5.41 Å². The lowest BCUT2D eigenvalue weighted by Crippen LogP contribution is -2.46. The average Bonchev–Trinajstić information content (AvgIpc) is 3.96. The Morgan fingerprint density at radius 1 is 0.818 bits per heavy atom. The largest absolute Gasteiger partial charge is 0.790 e. The number of fused-ring (bicyclic) bond motifs is 1. The molecule has 28 heteroatoms. The smallest absolute Gasteiger partial charge is 0.274 e. The first-order valence-corrected chi connectivity index (χ1v) is 30.5. The Kier molecular flexibility index (Phi) is 30.8. The van der Waals surface area contributed by atoms with Crippen molar-refractivity contribution in [3.8, 4) is 0 Å². The number of phosphoric acid groups is 3. The maximum Gasteiger partial charge on any atom is 0.274 e. The van der Waals surface area contributed by atoms with Gasteiger partial charge in [0.1, 0.15) is 36.3 Å². The third-order valence-corrected chi connectivity index (χ3v) is 14.9. The zero-order chi connectivity index (χ0) is 56.7. The van der Waals surface area contributed by atoms with E-state index in [1.807, 2.05) is 6.08 Å². The van der Waals surface area contributed by atoms with Crippen LogP contribution in [0.4, 0.5) is 5.82 Å². The van der Waals surface area contributed by atoms with Crippen molar-refractivity contribution in [2.45, 2.75) is 135 Å². The lowest BCUT2D eigenvalue weighted by atomic mass is 9.87. The molecule has 3 heterocycles. The molecule has 3 rings (SSSR count). The molecule has 1 aliphatic heterocycles. The van der Waals surface area contributed by atoms with Gasteiger partial charge in [0.25, 0.3) is 15.6 Å². The fraction of sp³-hybridized carbons (Fsp3) is 0.551. The lowest BCUT2D eigenvalue weighted by Gasteiger charge is -2.36. The minimum Gasteiger partial charge on any atom is -0.790 e. The topological polar surface area (TPSA) is 375 Å². The number of hydrogen-bond acceptors (Lipinski definition) is 22. The maximum atomic E-state index is 12.7. The highest BCUT2D eigenvalue weighted by Crippen LogP contribution is 2.56. The van der Waals surface area contributed by atoms with Gasteiger partial charge in [0.05, 0.1) is 27.4 Å². The summed E-state index contributed by atoms with van der Waals surface area (Å²) in [7, 11) is -17.6. The molecule has 1 fully saturated rings. The van der Waals surface area contributed by atoms with Gasteiger partial charge < -0.3 is 69.0 Å². The first kappa shape index (κ1) is 67.0. The van der Waals surface area contributed by atoms with Gasteiger partial charge in [0.15, 0.2) is 17.7 Å². The number of thioether (sulfide) groups is 1. The van der Waals surface area contributed by atoms with Crippen molar-refractivity contribution in [1.82, 2.24) is 30.2 Å². The molecule has 430 valence electrons. The molecule has 2 aromatic heterocycles. The van der Waals surface area contributed by atoms with Crippen molar-refractivity contribution in [2.24, 2.45) is 5.41 Å². The second-order valence-corrected chi connectivity index (χ2v) is 23.1. The summed E-state index contributed by atoms with van der Waals surface area (Å²) >= 11 is 1.04. The van der Waals surface area contributed by atoms with Crippen LogP contribution in [0.3, 0.4) is 0 Å². The molecule has 24 nitrogen and oxygen atoms in total. The number of imidazole rings is 1. The molecule has 7 atom stereocenters. The van der Waals surface area contributed by atoms with Gasteiger partial charge in [0.2, 0.25) is 16.9 Å². The van der Waals surface area contributed by atoms with E-state index in [-0.39, 0.29) is 41.6 Å². The van der Waals surface area contributed by atoms with E-state index in [0.717, 1.165) is 106 Å². The standard InChI is InChI=1S/C49H76N7O17P3S/c1-4-5-6-7-8-9-10-11-12-13-14-15-16-17-18-19-20-21-22-23-24-25-26-27-28-29-40(58)77-33-32-51-39(57)30-31-52-47(61)44(60)49(2,3)35-70-76(67,68)73-75(65,66)69-34-38-43(72-74(62,63)64)42(59)48(71-38)56-37-55-41-45(50)53-36-54-46(41)56/h5-6,8-9,11-12,14-15,17-18,20-21,28-29,36-38,42-44,48,59-60H,4,7,10,13,16,19,22-27,30-35H2,1-3H3,(H,51,57)(H,52,61)(H,65,66)(H,67,68)(H2,50,53,54)(H2,62,63,64)/p-4/b6-5-,9-8-,12-11-,15-14-,18-17-,21-20-,29-28+/t38-,42-,43-,44+,48-/m1/s1. The predicted octanol–water partition coefficient (Wildman–Crippen LogP) is 4.73. The number of phosphoric ester groups is 3. The number of nitrogens with two attached hydrogens (primary N) is 1. The number of anilines is 1. The second-order valence-electron chi connectivity index (χ2n) is 18.0. The van der Waals surface area contributed by atoms with Crippen LogP contribution in [0.2, 0.25) is 0 Å². The van der Waals surface area contributed by atoms with Crippen molar-refractivity contribution in [3.63, 3.8) is 0 Å². The van der Waals surface area contributed by atoms with Crippen LogP contribution in [-0.2, 0) is 50.7 Å². The van der Waals surface area contributed by atoms with Crippen LogP contribution in [0.15, 0.2) is 97.7 Å². The van der Waals surface area contributed by atoms with Crippen LogP contribution >= 0.6 is 35.2 Å². The van der Waals surface area contributed by atoms with Gasteiger partial charge in [-0.1, -0.05) is 124 Å². The predicted molar refractivity (Wildman–Crippen MR) is 283 cm³/mol. The minimum absolute atomic E-state index is 0.0223. The number of aliphatic hydroxyl groups excluding tert-OH is 2. The van der Waals surface area contributed by atoms with E-state index in [4.69, 9.17) is 10.5 Å². The summed E-state index contributed by atoms with van der Waals surface area (Å²) in [6.07, 6.45) is 34.0. The number of allylic oxidation sites excluding steroid dienone is 13. The number of rotatable bonds is 38. The van der Waals surface area contributed by atoms with Crippen LogP contribution in [0.25, 0.3) is 11.2 Å². The van der Waals surface area contributed by atoms with Gasteiger partial charge in [0, 0.05) is 30.7 Å². The molecule has 2 unspecified atom stereocenters. The Balaban J connectivity index is 1.23. The molecule has 1 saturated heterocycles. The van der Waals surface area contributed by atoms with Crippen molar-refractivity contribution in [2.75, 3.05) is 37.8 Å². The van der Waals surface area contributed by atoms with Crippen LogP contribution in [0.5, 0.6) is 0 Å². The van der Waals surface area contributed by atoms with Crippen molar-refractivity contribution in [1.29, 1.82) is 0 Å². The number of carbonyl (C=O) groups is 3. The molecule has 6 N–H and O–H groups in total. The quantitative estimate of drug-likeness (QED) is 0.0262. The Morgan fingerprint density at radius 2 is 1.39 bits per heavy atom. The number of nitrogen functional groups attached to an aromatic ring is 1. The first-order chi connectivity index (χ1) is 36.6. The third-order valence-electron chi connectivity index (χ3n) is 11.1. The van der Waals surface area contributed by atoms with E-state index < -0.39 is 84.6 Å². The summed E-state index contributed by atoms with van der Waals surface area (Å²) in [5.74, 6) is -1.24. The normalized spacial score (nSPS) is 19.8. The van der Waals surface area contributed by atoms with Crippen LogP contribution < -0.4 is 35.9 Å². The Bertz CT molecular complexity index is 2510. The van der Waals surface area contributed by atoms with E-state index in [1.165, 1.54) is 19.9 Å². The van der Waals surface area contributed by atoms with Crippen molar-refractivity contribution >= 4 is 69.1 Å². The van der Waals surface area contributed by atoms with E-state index in [0.29, 0.717) is 5.75 Å². The van der Waals surface area contributed by atoms with Crippen molar-refractivity contribution < 1.29 is 80.5 Å². The molecule has 0 bridgehead atoms. The molecule has 77 heavy (non-hydrogen) atoms. The average molecular weight is 1160 g/mol. The molecule has 2 aromatic rings. The SMILES string of the molecule is CC/C=C\C/C=C\C/C=C\C/C=C\C/C=C\C/C=C\CCCCCC/C=C/C(=O)SCCNC(=O)CCNC(=O)[C@H](O)C(C)(C)COP(=O)([O-])OP(=O)([O-])OC[C@H]1O[C@@H](n2cnc3c(N)ncnc32)[C@H](O)[C@@H]1OP(=O)([O-])[O-]. The number of nitrogens with zero attached hydrogens (tertiary/aromatic N) is 4. The molecule has 1 aliphatic rings. The third kappa shape index (κ3) is 27.5. The number of unbranched alkanes of at least 4 members (excludes halogenated alkanes) is 5. The molecular weight excluding hydrogens is 1080 g/mol. The second kappa shape index (κ2) is 35.4. The zero-order valence-corrected chi connectivity index (χ0v) is 47.0. The highest BCUT2D eigenvalue weighted by Gasteiger charge is 2.47. The number of aliphatic hydroxyl groups is 2.